The fraction of sp³-hybridized carbons (Fsp3) is 0. The summed E-state index contributed by atoms with van der Waals surface area (Å²) in [6.07, 6.45) is 0. The zero-order valence-electron chi connectivity index (χ0n) is 7.76. The molecule has 0 saturated carbocycles. The minimum absolute atomic E-state index is 0. The molecule has 0 N–H and O–H groups in total. The van der Waals surface area contributed by atoms with Gasteiger partial charge in [0, 0.05) is 0 Å². The Morgan fingerprint density at radius 1 is 0.571 bits per heavy atom. The monoisotopic (exact) mass is 303 g/mol. The molecule has 0 amide bonds. The molecule has 14 heavy (non-hydrogen) atoms. The molecule has 2 aromatic carbocycles. The summed E-state index contributed by atoms with van der Waals surface area (Å²) >= 11 is -0.392. The summed E-state index contributed by atoms with van der Waals surface area (Å²) < 4.78 is 3.05. The van der Waals surface area contributed by atoms with E-state index in [2.05, 4.69) is 60.7 Å². The van der Waals surface area contributed by atoms with E-state index >= 15 is 0 Å². The van der Waals surface area contributed by atoms with Gasteiger partial charge >= 0.3 is 86.3 Å². The van der Waals surface area contributed by atoms with Gasteiger partial charge in [-0.15, -0.1) is 17.0 Å². The molecule has 2 rings (SSSR count). The quantitative estimate of drug-likeness (QED) is 0.744. The van der Waals surface area contributed by atoms with Crippen molar-refractivity contribution in [3.63, 3.8) is 0 Å². The third kappa shape index (κ3) is 3.37. The van der Waals surface area contributed by atoms with Gasteiger partial charge in [0.15, 0.2) is 0 Å². The molecule has 0 fully saturated rings. The Bertz CT molecular complexity index is 321. The van der Waals surface area contributed by atoms with E-state index in [1.165, 1.54) is 8.24 Å². The fourth-order valence-electron chi connectivity index (χ4n) is 1.29. The van der Waals surface area contributed by atoms with Crippen molar-refractivity contribution in [2.24, 2.45) is 0 Å². The number of benzene rings is 2. The molecule has 0 aromatic heterocycles. The molecule has 2 aromatic rings. The second-order valence-electron chi connectivity index (χ2n) is 2.97. The summed E-state index contributed by atoms with van der Waals surface area (Å²) in [6, 6.07) is 21.5. The van der Waals surface area contributed by atoms with Gasteiger partial charge in [-0.1, -0.05) is 0 Å². The summed E-state index contributed by atoms with van der Waals surface area (Å²) in [6.45, 7) is 0. The maximum absolute atomic E-state index is 2.23. The summed E-state index contributed by atoms with van der Waals surface area (Å²) in [7, 11) is 0. The standard InChI is InChI=1S/2C6H5.BrH.Ga/c2*1-2-4-6-5-3-1;;/h2*1-5H;1H;. The molecule has 0 heterocycles. The average Bonchev–Trinajstić information content (AvgIpc) is 2.21. The molecular weight excluding hydrogens is 294 g/mol. The minimum atomic E-state index is -0.392. The predicted octanol–water partition coefficient (Wildman–Crippen LogP) is 1.92. The van der Waals surface area contributed by atoms with E-state index < -0.39 is 17.4 Å². The van der Waals surface area contributed by atoms with Crippen LogP contribution in [0.3, 0.4) is 0 Å². The SMILES string of the molecule is Br.c1cc[c]([Ga][c]2ccccc2)cc1. The van der Waals surface area contributed by atoms with Crippen LogP contribution in [0.25, 0.3) is 0 Å². The third-order valence-electron chi connectivity index (χ3n) is 1.93. The first-order chi connectivity index (χ1) is 6.45. The normalized spacial score (nSPS) is 8.86. The van der Waals surface area contributed by atoms with Crippen LogP contribution in [-0.2, 0) is 0 Å². The predicted molar refractivity (Wildman–Crippen MR) is 68.2 cm³/mol. The van der Waals surface area contributed by atoms with Crippen LogP contribution in [0.1, 0.15) is 0 Å². The van der Waals surface area contributed by atoms with Crippen molar-refractivity contribution in [2.75, 3.05) is 0 Å². The Labute approximate surface area is 103 Å². The molecule has 69 valence electrons. The van der Waals surface area contributed by atoms with Crippen LogP contribution in [-0.4, -0.2) is 17.4 Å². The molecule has 0 saturated heterocycles. The fourth-order valence-corrected chi connectivity index (χ4v) is 3.84. The van der Waals surface area contributed by atoms with Crippen LogP contribution in [0.5, 0.6) is 0 Å². The molecule has 0 bridgehead atoms. The zero-order valence-corrected chi connectivity index (χ0v) is 11.9. The van der Waals surface area contributed by atoms with Gasteiger partial charge in [0.25, 0.3) is 0 Å². The molecular formula is C12H11BrGa. The van der Waals surface area contributed by atoms with E-state index in [4.69, 9.17) is 0 Å². The van der Waals surface area contributed by atoms with E-state index in [1.807, 2.05) is 0 Å². The van der Waals surface area contributed by atoms with Crippen molar-refractivity contribution in [1.29, 1.82) is 0 Å². The van der Waals surface area contributed by atoms with Gasteiger partial charge in [-0.25, -0.2) is 0 Å². The molecule has 1 radical (unpaired) electrons. The van der Waals surface area contributed by atoms with Gasteiger partial charge in [-0.2, -0.15) is 0 Å². The summed E-state index contributed by atoms with van der Waals surface area (Å²) in [5.41, 5.74) is 0. The summed E-state index contributed by atoms with van der Waals surface area (Å²) in [5.74, 6) is 0. The van der Waals surface area contributed by atoms with Crippen molar-refractivity contribution in [2.45, 2.75) is 0 Å². The zero-order chi connectivity index (χ0) is 8.93. The van der Waals surface area contributed by atoms with Gasteiger partial charge < -0.3 is 0 Å². The Morgan fingerprint density at radius 3 is 1.29 bits per heavy atom. The van der Waals surface area contributed by atoms with E-state index in [0.29, 0.717) is 0 Å². The number of rotatable bonds is 2. The molecule has 0 aliphatic rings. The number of hydrogen-bond donors (Lipinski definition) is 0. The van der Waals surface area contributed by atoms with E-state index in [1.54, 1.807) is 0 Å². The van der Waals surface area contributed by atoms with Gasteiger partial charge in [0.2, 0.25) is 0 Å². The molecule has 2 heteroatoms. The van der Waals surface area contributed by atoms with E-state index in [-0.39, 0.29) is 17.0 Å². The Balaban J connectivity index is 0.000000980. The molecule has 0 nitrogen and oxygen atoms in total. The van der Waals surface area contributed by atoms with Crippen LogP contribution in [0.4, 0.5) is 0 Å². The second kappa shape index (κ2) is 6.12. The van der Waals surface area contributed by atoms with Gasteiger partial charge in [0.1, 0.15) is 0 Å². The molecule has 0 aliphatic heterocycles. The van der Waals surface area contributed by atoms with Crippen LogP contribution in [0.15, 0.2) is 60.7 Å². The second-order valence-corrected chi connectivity index (χ2v) is 6.37. The number of halogens is 1. The van der Waals surface area contributed by atoms with Crippen molar-refractivity contribution < 1.29 is 0 Å². The molecule has 0 spiro atoms. The van der Waals surface area contributed by atoms with Crippen molar-refractivity contribution in [1.82, 2.24) is 0 Å². The maximum atomic E-state index is 2.23. The van der Waals surface area contributed by atoms with Crippen molar-refractivity contribution in [3.05, 3.63) is 60.7 Å². The molecule has 0 atom stereocenters. The van der Waals surface area contributed by atoms with Gasteiger partial charge in [0.05, 0.1) is 0 Å². The number of hydrogen-bond acceptors (Lipinski definition) is 0. The topological polar surface area (TPSA) is 0 Å². The van der Waals surface area contributed by atoms with E-state index in [0.717, 1.165) is 0 Å². The Hall–Kier alpha value is -0.444. The van der Waals surface area contributed by atoms with Crippen LogP contribution >= 0.6 is 17.0 Å². The van der Waals surface area contributed by atoms with E-state index in [9.17, 15) is 0 Å². The summed E-state index contributed by atoms with van der Waals surface area (Å²) in [4.78, 5) is 0. The Morgan fingerprint density at radius 2 is 0.929 bits per heavy atom. The van der Waals surface area contributed by atoms with Crippen LogP contribution in [0, 0.1) is 0 Å². The first-order valence-electron chi connectivity index (χ1n) is 4.40. The van der Waals surface area contributed by atoms with Gasteiger partial charge in [-0.05, 0) is 0 Å². The summed E-state index contributed by atoms with van der Waals surface area (Å²) in [5, 5.41) is 0. The first-order valence-corrected chi connectivity index (χ1v) is 6.82. The third-order valence-corrected chi connectivity index (χ3v) is 4.95. The van der Waals surface area contributed by atoms with Crippen molar-refractivity contribution in [3.8, 4) is 0 Å². The Kier molecular flexibility index (Phi) is 5.08. The van der Waals surface area contributed by atoms with Gasteiger partial charge in [-0.3, -0.25) is 0 Å². The van der Waals surface area contributed by atoms with Crippen LogP contribution < -0.4 is 8.24 Å². The average molecular weight is 305 g/mol. The first kappa shape index (κ1) is 11.6. The molecule has 0 aliphatic carbocycles. The molecule has 0 unspecified atom stereocenters. The van der Waals surface area contributed by atoms with Crippen LogP contribution in [0.2, 0.25) is 0 Å². The van der Waals surface area contributed by atoms with Crippen molar-refractivity contribution >= 4 is 42.6 Å².